The number of nitrogens with zero attached hydrogens (tertiary/aromatic N) is 3. The number of para-hydroxylation sites is 1. The van der Waals surface area contributed by atoms with Crippen molar-refractivity contribution in [3.8, 4) is 17.1 Å². The van der Waals surface area contributed by atoms with Gasteiger partial charge in [0.2, 0.25) is 0 Å². The molecule has 118 valence electrons. The van der Waals surface area contributed by atoms with Crippen LogP contribution >= 0.6 is 11.6 Å². The van der Waals surface area contributed by atoms with E-state index in [1.54, 1.807) is 41.9 Å². The van der Waals surface area contributed by atoms with Crippen molar-refractivity contribution >= 4 is 21.4 Å². The van der Waals surface area contributed by atoms with Crippen LogP contribution in [0.5, 0.6) is 0 Å². The van der Waals surface area contributed by atoms with E-state index in [2.05, 4.69) is 10.1 Å². The van der Waals surface area contributed by atoms with Gasteiger partial charge in [-0.15, -0.1) is 0 Å². The summed E-state index contributed by atoms with van der Waals surface area (Å²) in [6.45, 7) is 1.79. The van der Waals surface area contributed by atoms with Crippen LogP contribution in [0.4, 0.5) is 0 Å². The molecule has 1 aromatic heterocycles. The third-order valence-corrected chi connectivity index (χ3v) is 4.78. The predicted octanol–water partition coefficient (Wildman–Crippen LogP) is 3.30. The normalized spacial score (nSPS) is 11.6. The Bertz CT molecular complexity index is 963. The number of hydrogen-bond donors (Lipinski definition) is 0. The minimum Gasteiger partial charge on any atom is -0.224 e. The maximum absolute atomic E-state index is 11.6. The summed E-state index contributed by atoms with van der Waals surface area (Å²) in [7, 11) is -3.23. The molecule has 0 radical (unpaired) electrons. The summed E-state index contributed by atoms with van der Waals surface area (Å²) in [5, 5.41) is 4.95. The van der Waals surface area contributed by atoms with Crippen LogP contribution in [-0.2, 0) is 9.84 Å². The minimum atomic E-state index is -3.23. The van der Waals surface area contributed by atoms with Crippen molar-refractivity contribution in [2.45, 2.75) is 11.8 Å². The summed E-state index contributed by atoms with van der Waals surface area (Å²) in [6, 6.07) is 13.9. The first kappa shape index (κ1) is 15.7. The molecule has 0 saturated carbocycles. The third kappa shape index (κ3) is 3.13. The maximum atomic E-state index is 11.6. The lowest BCUT2D eigenvalue weighted by Gasteiger charge is -2.08. The van der Waals surface area contributed by atoms with Crippen LogP contribution in [0.1, 0.15) is 5.82 Å². The van der Waals surface area contributed by atoms with E-state index in [-0.39, 0.29) is 4.90 Å². The average molecular weight is 348 g/mol. The van der Waals surface area contributed by atoms with Gasteiger partial charge < -0.3 is 0 Å². The standard InChI is InChI=1S/C16H14ClN3O2S/c1-11-18-16(12-7-9-13(10-8-12)23(2,21)22)20(19-11)15-6-4-3-5-14(15)17/h3-10H,1-2H3. The first-order valence-electron chi connectivity index (χ1n) is 6.85. The maximum Gasteiger partial charge on any atom is 0.175 e. The van der Waals surface area contributed by atoms with Crippen LogP contribution in [0, 0.1) is 6.92 Å². The van der Waals surface area contributed by atoms with Crippen molar-refractivity contribution in [1.29, 1.82) is 0 Å². The van der Waals surface area contributed by atoms with E-state index < -0.39 is 9.84 Å². The molecule has 3 aromatic rings. The summed E-state index contributed by atoms with van der Waals surface area (Å²) in [4.78, 5) is 4.70. The Morgan fingerprint density at radius 2 is 1.70 bits per heavy atom. The van der Waals surface area contributed by atoms with Gasteiger partial charge in [0.1, 0.15) is 5.82 Å². The Balaban J connectivity index is 2.13. The van der Waals surface area contributed by atoms with Gasteiger partial charge in [0.15, 0.2) is 15.7 Å². The molecule has 0 aliphatic rings. The molecule has 0 atom stereocenters. The zero-order chi connectivity index (χ0) is 16.6. The van der Waals surface area contributed by atoms with Crippen molar-refractivity contribution < 1.29 is 8.42 Å². The molecule has 0 fully saturated rings. The molecule has 1 heterocycles. The SMILES string of the molecule is Cc1nc(-c2ccc(S(C)(=O)=O)cc2)n(-c2ccccc2Cl)n1. The van der Waals surface area contributed by atoms with Crippen LogP contribution in [-0.4, -0.2) is 29.4 Å². The fourth-order valence-electron chi connectivity index (χ4n) is 2.24. The fourth-order valence-corrected chi connectivity index (χ4v) is 3.09. The van der Waals surface area contributed by atoms with E-state index in [0.29, 0.717) is 16.7 Å². The second kappa shape index (κ2) is 5.79. The molecule has 0 saturated heterocycles. The van der Waals surface area contributed by atoms with Gasteiger partial charge in [-0.25, -0.2) is 18.1 Å². The Morgan fingerprint density at radius 1 is 1.04 bits per heavy atom. The molecule has 0 spiro atoms. The molecule has 3 rings (SSSR count). The van der Waals surface area contributed by atoms with Gasteiger partial charge in [-0.3, -0.25) is 0 Å². The Labute approximate surface area is 139 Å². The first-order valence-corrected chi connectivity index (χ1v) is 9.12. The summed E-state index contributed by atoms with van der Waals surface area (Å²) in [6.07, 6.45) is 1.18. The van der Waals surface area contributed by atoms with Gasteiger partial charge in [-0.1, -0.05) is 23.7 Å². The van der Waals surface area contributed by atoms with Crippen LogP contribution in [0.3, 0.4) is 0 Å². The Hall–Kier alpha value is -2.18. The second-order valence-electron chi connectivity index (χ2n) is 5.14. The summed E-state index contributed by atoms with van der Waals surface area (Å²) < 4.78 is 24.8. The van der Waals surface area contributed by atoms with Crippen molar-refractivity contribution in [3.63, 3.8) is 0 Å². The highest BCUT2D eigenvalue weighted by Crippen LogP contribution is 2.26. The topological polar surface area (TPSA) is 64.8 Å². The number of hydrogen-bond acceptors (Lipinski definition) is 4. The largest absolute Gasteiger partial charge is 0.224 e. The van der Waals surface area contributed by atoms with E-state index in [0.717, 1.165) is 11.3 Å². The van der Waals surface area contributed by atoms with E-state index in [1.165, 1.54) is 6.26 Å². The highest BCUT2D eigenvalue weighted by molar-refractivity contribution is 7.90. The highest BCUT2D eigenvalue weighted by atomic mass is 35.5. The third-order valence-electron chi connectivity index (χ3n) is 3.33. The highest BCUT2D eigenvalue weighted by Gasteiger charge is 2.15. The monoisotopic (exact) mass is 347 g/mol. The molecular formula is C16H14ClN3O2S. The molecule has 0 aliphatic carbocycles. The molecule has 7 heteroatoms. The molecule has 0 aliphatic heterocycles. The summed E-state index contributed by atoms with van der Waals surface area (Å²) in [5.41, 5.74) is 1.48. The summed E-state index contributed by atoms with van der Waals surface area (Å²) in [5.74, 6) is 1.21. The smallest absolute Gasteiger partial charge is 0.175 e. The Kier molecular flexibility index (Phi) is 3.95. The molecule has 0 N–H and O–H groups in total. The summed E-state index contributed by atoms with van der Waals surface area (Å²) >= 11 is 6.24. The van der Waals surface area contributed by atoms with Gasteiger partial charge in [0.05, 0.1) is 15.6 Å². The van der Waals surface area contributed by atoms with Gasteiger partial charge in [-0.2, -0.15) is 5.10 Å². The van der Waals surface area contributed by atoms with Gasteiger partial charge in [-0.05, 0) is 43.3 Å². The van der Waals surface area contributed by atoms with Crippen molar-refractivity contribution in [1.82, 2.24) is 14.8 Å². The van der Waals surface area contributed by atoms with Crippen LogP contribution in [0.15, 0.2) is 53.4 Å². The van der Waals surface area contributed by atoms with E-state index in [1.807, 2.05) is 18.2 Å². The van der Waals surface area contributed by atoms with E-state index in [9.17, 15) is 8.42 Å². The van der Waals surface area contributed by atoms with Crippen molar-refractivity contribution in [3.05, 3.63) is 59.4 Å². The first-order chi connectivity index (χ1) is 10.9. The van der Waals surface area contributed by atoms with Crippen LogP contribution in [0.25, 0.3) is 17.1 Å². The molecule has 0 unspecified atom stereocenters. The fraction of sp³-hybridized carbons (Fsp3) is 0.125. The molecule has 5 nitrogen and oxygen atoms in total. The predicted molar refractivity (Wildman–Crippen MR) is 89.7 cm³/mol. The number of halogens is 1. The van der Waals surface area contributed by atoms with Crippen molar-refractivity contribution in [2.75, 3.05) is 6.26 Å². The van der Waals surface area contributed by atoms with Gasteiger partial charge in [0, 0.05) is 11.8 Å². The zero-order valence-corrected chi connectivity index (χ0v) is 14.1. The number of aryl methyl sites for hydroxylation is 1. The lowest BCUT2D eigenvalue weighted by Crippen LogP contribution is -2.01. The molecule has 0 bridgehead atoms. The average Bonchev–Trinajstić information content (AvgIpc) is 2.89. The van der Waals surface area contributed by atoms with Crippen LogP contribution in [0.2, 0.25) is 5.02 Å². The van der Waals surface area contributed by atoms with Gasteiger partial charge >= 0.3 is 0 Å². The van der Waals surface area contributed by atoms with Gasteiger partial charge in [0.25, 0.3) is 0 Å². The Morgan fingerprint density at radius 3 is 2.30 bits per heavy atom. The lowest BCUT2D eigenvalue weighted by atomic mass is 10.2. The molecule has 23 heavy (non-hydrogen) atoms. The zero-order valence-electron chi connectivity index (χ0n) is 12.6. The van der Waals surface area contributed by atoms with Crippen LogP contribution < -0.4 is 0 Å². The molecule has 0 amide bonds. The minimum absolute atomic E-state index is 0.266. The number of sulfone groups is 1. The number of benzene rings is 2. The van der Waals surface area contributed by atoms with E-state index in [4.69, 9.17) is 11.6 Å². The quantitative estimate of drug-likeness (QED) is 0.729. The number of rotatable bonds is 3. The molecular weight excluding hydrogens is 334 g/mol. The number of aromatic nitrogens is 3. The van der Waals surface area contributed by atoms with E-state index >= 15 is 0 Å². The van der Waals surface area contributed by atoms with Crippen molar-refractivity contribution in [2.24, 2.45) is 0 Å². The second-order valence-corrected chi connectivity index (χ2v) is 7.57. The lowest BCUT2D eigenvalue weighted by molar-refractivity contribution is 0.602. The molecule has 2 aromatic carbocycles.